The van der Waals surface area contributed by atoms with Gasteiger partial charge in [0.25, 0.3) is 5.91 Å². The fourth-order valence-corrected chi connectivity index (χ4v) is 2.19. The Morgan fingerprint density at radius 3 is 2.64 bits per heavy atom. The van der Waals surface area contributed by atoms with Crippen LogP contribution in [0.5, 0.6) is 5.75 Å². The van der Waals surface area contributed by atoms with E-state index in [1.807, 2.05) is 12.1 Å². The van der Waals surface area contributed by atoms with Crippen LogP contribution in [0.1, 0.15) is 17.3 Å². The van der Waals surface area contributed by atoms with Crippen LogP contribution in [0.3, 0.4) is 0 Å². The summed E-state index contributed by atoms with van der Waals surface area (Å²) >= 11 is 0. The van der Waals surface area contributed by atoms with E-state index < -0.39 is 0 Å². The minimum atomic E-state index is -0.290. The van der Waals surface area contributed by atoms with Crippen LogP contribution in [0.2, 0.25) is 0 Å². The number of benzene rings is 2. The number of amides is 1. The summed E-state index contributed by atoms with van der Waals surface area (Å²) in [6, 6.07) is 13.9. The lowest BCUT2D eigenvalue weighted by atomic mass is 10.1. The van der Waals surface area contributed by atoms with Crippen molar-refractivity contribution in [3.63, 3.8) is 0 Å². The number of hydrogen-bond acceptors (Lipinski definition) is 5. The zero-order valence-corrected chi connectivity index (χ0v) is 13.5. The molecule has 3 rings (SSSR count). The highest BCUT2D eigenvalue weighted by atomic mass is 16.5. The third-order valence-electron chi connectivity index (χ3n) is 3.44. The van der Waals surface area contributed by atoms with Gasteiger partial charge in [0, 0.05) is 11.3 Å². The molecule has 0 unspecified atom stereocenters. The molecule has 3 aromatic rings. The van der Waals surface area contributed by atoms with Crippen LogP contribution < -0.4 is 10.1 Å². The minimum Gasteiger partial charge on any atom is -0.484 e. The minimum absolute atomic E-state index is 0.0534. The van der Waals surface area contributed by atoms with E-state index in [9.17, 15) is 9.59 Å². The number of rotatable bonds is 6. The topological polar surface area (TPSA) is 86.1 Å². The van der Waals surface area contributed by atoms with E-state index >= 15 is 0 Å². The van der Waals surface area contributed by atoms with Gasteiger partial charge in [0.15, 0.2) is 12.4 Å². The molecule has 7 nitrogen and oxygen atoms in total. The van der Waals surface area contributed by atoms with Crippen LogP contribution in [-0.4, -0.2) is 33.1 Å². The molecule has 0 saturated heterocycles. The first-order chi connectivity index (χ1) is 12.1. The molecule has 126 valence electrons. The maximum absolute atomic E-state index is 12.0. The van der Waals surface area contributed by atoms with Crippen molar-refractivity contribution in [2.75, 3.05) is 11.9 Å². The number of nitrogens with zero attached hydrogens (tertiary/aromatic N) is 3. The van der Waals surface area contributed by atoms with Crippen molar-refractivity contribution < 1.29 is 14.3 Å². The average Bonchev–Trinajstić information content (AvgIpc) is 3.15. The van der Waals surface area contributed by atoms with Crippen molar-refractivity contribution in [3.8, 4) is 11.4 Å². The molecular weight excluding hydrogens is 320 g/mol. The molecule has 1 aromatic heterocycles. The highest BCUT2D eigenvalue weighted by Gasteiger charge is 2.06. The van der Waals surface area contributed by atoms with Gasteiger partial charge in [-0.3, -0.25) is 9.59 Å². The largest absolute Gasteiger partial charge is 0.484 e. The fraction of sp³-hybridized carbons (Fsp3) is 0.111. The molecule has 0 bridgehead atoms. The lowest BCUT2D eigenvalue weighted by Gasteiger charge is -2.09. The monoisotopic (exact) mass is 336 g/mol. The molecule has 0 fully saturated rings. The van der Waals surface area contributed by atoms with E-state index in [1.54, 1.807) is 47.4 Å². The Morgan fingerprint density at radius 1 is 1.16 bits per heavy atom. The number of nitrogens with one attached hydrogen (secondary N) is 1. The Hall–Kier alpha value is -3.48. The molecule has 1 N–H and O–H groups in total. The third kappa shape index (κ3) is 4.29. The van der Waals surface area contributed by atoms with Gasteiger partial charge in [0.1, 0.15) is 18.4 Å². The van der Waals surface area contributed by atoms with Gasteiger partial charge in [-0.25, -0.2) is 9.67 Å². The summed E-state index contributed by atoms with van der Waals surface area (Å²) in [6.07, 6.45) is 3.05. The van der Waals surface area contributed by atoms with Crippen molar-refractivity contribution in [3.05, 3.63) is 66.7 Å². The predicted molar refractivity (Wildman–Crippen MR) is 91.9 cm³/mol. The summed E-state index contributed by atoms with van der Waals surface area (Å²) in [5, 5.41) is 6.78. The first-order valence-electron chi connectivity index (χ1n) is 7.60. The van der Waals surface area contributed by atoms with Crippen LogP contribution >= 0.6 is 0 Å². The Morgan fingerprint density at radius 2 is 1.96 bits per heavy atom. The van der Waals surface area contributed by atoms with Gasteiger partial charge in [-0.15, -0.1) is 0 Å². The molecule has 0 atom stereocenters. The highest BCUT2D eigenvalue weighted by molar-refractivity contribution is 5.94. The zero-order valence-electron chi connectivity index (χ0n) is 13.5. The molecule has 1 heterocycles. The van der Waals surface area contributed by atoms with Gasteiger partial charge in [0.2, 0.25) is 0 Å². The highest BCUT2D eigenvalue weighted by Crippen LogP contribution is 2.15. The van der Waals surface area contributed by atoms with Gasteiger partial charge in [-0.05, 0) is 43.3 Å². The maximum Gasteiger partial charge on any atom is 0.262 e. The number of ketones is 1. The summed E-state index contributed by atoms with van der Waals surface area (Å²) in [5.74, 6) is 0.133. The lowest BCUT2D eigenvalue weighted by Crippen LogP contribution is -2.20. The van der Waals surface area contributed by atoms with Crippen molar-refractivity contribution in [2.24, 2.45) is 0 Å². The number of Topliss-reactive ketones (excluding diaryl/α,β-unsaturated/α-hetero) is 1. The Labute approximate surface area is 144 Å². The molecule has 0 aliphatic carbocycles. The van der Waals surface area contributed by atoms with Crippen molar-refractivity contribution >= 4 is 17.4 Å². The van der Waals surface area contributed by atoms with Gasteiger partial charge < -0.3 is 10.1 Å². The van der Waals surface area contributed by atoms with Gasteiger partial charge >= 0.3 is 0 Å². The van der Waals surface area contributed by atoms with Crippen molar-refractivity contribution in [2.45, 2.75) is 6.92 Å². The average molecular weight is 336 g/mol. The first kappa shape index (κ1) is 16.4. The van der Waals surface area contributed by atoms with Gasteiger partial charge in [-0.2, -0.15) is 5.10 Å². The Balaban J connectivity index is 1.56. The van der Waals surface area contributed by atoms with Gasteiger partial charge in [-0.1, -0.05) is 12.1 Å². The quantitative estimate of drug-likeness (QED) is 0.699. The maximum atomic E-state index is 12.0. The van der Waals surface area contributed by atoms with Crippen LogP contribution in [-0.2, 0) is 4.79 Å². The Bertz CT molecular complexity index is 874. The number of carbonyl (C=O) groups excluding carboxylic acids is 2. The van der Waals surface area contributed by atoms with Crippen LogP contribution in [0, 0.1) is 0 Å². The third-order valence-corrected chi connectivity index (χ3v) is 3.44. The number of aromatic nitrogens is 3. The summed E-state index contributed by atoms with van der Waals surface area (Å²) in [4.78, 5) is 27.2. The molecule has 2 aromatic carbocycles. The molecule has 0 saturated carbocycles. The van der Waals surface area contributed by atoms with Crippen LogP contribution in [0.4, 0.5) is 5.69 Å². The number of anilines is 1. The van der Waals surface area contributed by atoms with Crippen LogP contribution in [0.15, 0.2) is 61.2 Å². The number of hydrogen-bond donors (Lipinski definition) is 1. The second kappa shape index (κ2) is 7.39. The Kier molecular flexibility index (Phi) is 4.84. The summed E-state index contributed by atoms with van der Waals surface area (Å²) in [5.41, 5.74) is 2.03. The summed E-state index contributed by atoms with van der Waals surface area (Å²) < 4.78 is 7.05. The molecule has 0 aliphatic heterocycles. The SMILES string of the molecule is CC(=O)c1cccc(OCC(=O)Nc2ccc(-n3cncn3)cc2)c1. The van der Waals surface area contributed by atoms with Gasteiger partial charge in [0.05, 0.1) is 5.69 Å². The normalized spacial score (nSPS) is 10.3. The molecule has 0 aliphatic rings. The number of carbonyl (C=O) groups is 2. The van der Waals surface area contributed by atoms with E-state index in [1.165, 1.54) is 13.3 Å². The van der Waals surface area contributed by atoms with E-state index in [0.29, 0.717) is 17.0 Å². The molecule has 1 amide bonds. The molecule has 0 radical (unpaired) electrons. The standard InChI is InChI=1S/C18H16N4O3/c1-13(23)14-3-2-4-17(9-14)25-10-18(24)21-15-5-7-16(8-6-15)22-12-19-11-20-22/h2-9,11-12H,10H2,1H3,(H,21,24). The van der Waals surface area contributed by atoms with E-state index in [2.05, 4.69) is 15.4 Å². The summed E-state index contributed by atoms with van der Waals surface area (Å²) in [6.45, 7) is 1.33. The van der Waals surface area contributed by atoms with Crippen molar-refractivity contribution in [1.29, 1.82) is 0 Å². The molecule has 7 heteroatoms. The fourth-order valence-electron chi connectivity index (χ4n) is 2.19. The molecule has 25 heavy (non-hydrogen) atoms. The molecular formula is C18H16N4O3. The number of ether oxygens (including phenoxy) is 1. The van der Waals surface area contributed by atoms with E-state index in [-0.39, 0.29) is 18.3 Å². The predicted octanol–water partition coefficient (Wildman–Crippen LogP) is 2.49. The van der Waals surface area contributed by atoms with E-state index in [4.69, 9.17) is 4.74 Å². The smallest absolute Gasteiger partial charge is 0.262 e. The zero-order chi connectivity index (χ0) is 17.6. The molecule has 0 spiro atoms. The van der Waals surface area contributed by atoms with Crippen molar-refractivity contribution in [1.82, 2.24) is 14.8 Å². The second-order valence-electron chi connectivity index (χ2n) is 5.31. The van der Waals surface area contributed by atoms with Crippen LogP contribution in [0.25, 0.3) is 5.69 Å². The lowest BCUT2D eigenvalue weighted by molar-refractivity contribution is -0.118. The van der Waals surface area contributed by atoms with E-state index in [0.717, 1.165) is 5.69 Å². The first-order valence-corrected chi connectivity index (χ1v) is 7.60. The summed E-state index contributed by atoms with van der Waals surface area (Å²) in [7, 11) is 0. The second-order valence-corrected chi connectivity index (χ2v) is 5.31.